The van der Waals surface area contributed by atoms with E-state index in [4.69, 9.17) is 19.9 Å². The molecule has 0 spiro atoms. The van der Waals surface area contributed by atoms with Gasteiger partial charge in [-0.1, -0.05) is 231 Å². The molecule has 20 aromatic rings. The van der Waals surface area contributed by atoms with E-state index in [1.54, 1.807) is 0 Å². The van der Waals surface area contributed by atoms with E-state index in [-0.39, 0.29) is 0 Å². The predicted octanol–water partition coefficient (Wildman–Crippen LogP) is 23.3. The number of fused-ring (bicyclic) bond motifs is 12. The summed E-state index contributed by atoms with van der Waals surface area (Å²) in [6.45, 7) is 0. The van der Waals surface area contributed by atoms with Gasteiger partial charge in [-0.2, -0.15) is 0 Å². The molecule has 20 rings (SSSR count). The van der Waals surface area contributed by atoms with Crippen LogP contribution in [0.2, 0.25) is 0 Å². The standard InChI is InChI=1S/C92H58N8/c1-7-27-59(28-8-1)90-94-91(60-29-9-2-10-30-60)96-92(95-90)87-85(61-47-51-81-73(55-61)69-39-19-23-43-77(69)97(81)65-31-11-3-12-32-65)86(62-48-52-82-74(56-62)70-40-20-24-44-78(70)98(82)66-33-13-4-14-34-66)88(63-49-53-83-75(57-63)71-41-21-25-45-79(71)99(83)67-35-15-5-16-36-67)93-89(87)64-50-54-84-76(58-64)72-42-22-26-46-80(72)100(84)68-37-17-6-18-38-68/h1-58H. The Morgan fingerprint density at radius 3 is 0.750 bits per heavy atom. The second-order valence-corrected chi connectivity index (χ2v) is 25.7. The summed E-state index contributed by atoms with van der Waals surface area (Å²) in [4.78, 5) is 23.3. The van der Waals surface area contributed by atoms with Crippen molar-refractivity contribution in [2.45, 2.75) is 0 Å². The van der Waals surface area contributed by atoms with Gasteiger partial charge in [-0.25, -0.2) is 19.9 Å². The molecule has 0 atom stereocenters. The fraction of sp³-hybridized carbons (Fsp3) is 0. The molecule has 6 aromatic heterocycles. The molecule has 8 nitrogen and oxygen atoms in total. The zero-order valence-corrected chi connectivity index (χ0v) is 54.1. The monoisotopic (exact) mass is 1270 g/mol. The minimum absolute atomic E-state index is 0.486. The molecule has 0 fully saturated rings. The first-order valence-electron chi connectivity index (χ1n) is 33.9. The lowest BCUT2D eigenvalue weighted by Gasteiger charge is -2.23. The van der Waals surface area contributed by atoms with Gasteiger partial charge in [-0.05, 0) is 132 Å². The van der Waals surface area contributed by atoms with Crippen molar-refractivity contribution in [1.82, 2.24) is 38.2 Å². The van der Waals surface area contributed by atoms with E-state index in [0.29, 0.717) is 17.5 Å². The number of pyridine rings is 1. The fourth-order valence-corrected chi connectivity index (χ4v) is 15.6. The smallest absolute Gasteiger partial charge is 0.166 e. The summed E-state index contributed by atoms with van der Waals surface area (Å²) in [6, 6.07) is 126. The Labute approximate surface area is 575 Å². The van der Waals surface area contributed by atoms with Crippen LogP contribution in [0, 0.1) is 0 Å². The number of nitrogens with zero attached hydrogens (tertiary/aromatic N) is 8. The number of aromatic nitrogens is 8. The lowest BCUT2D eigenvalue weighted by molar-refractivity contribution is 1.07. The molecule has 14 aromatic carbocycles. The summed E-state index contributed by atoms with van der Waals surface area (Å²) >= 11 is 0. The highest BCUT2D eigenvalue weighted by atomic mass is 15.0. The molecule has 0 bridgehead atoms. The van der Waals surface area contributed by atoms with Gasteiger partial charge < -0.3 is 18.3 Å². The van der Waals surface area contributed by atoms with Gasteiger partial charge in [0.25, 0.3) is 0 Å². The Kier molecular flexibility index (Phi) is 13.1. The van der Waals surface area contributed by atoms with Gasteiger partial charge in [0.15, 0.2) is 17.5 Å². The maximum Gasteiger partial charge on any atom is 0.166 e. The first-order chi connectivity index (χ1) is 49.6. The van der Waals surface area contributed by atoms with E-state index >= 15 is 0 Å². The first kappa shape index (κ1) is 56.8. The van der Waals surface area contributed by atoms with Crippen molar-refractivity contribution >= 4 is 87.2 Å². The molecule has 0 aliphatic rings. The Balaban J connectivity index is 0.991. The van der Waals surface area contributed by atoms with Gasteiger partial charge >= 0.3 is 0 Å². The maximum atomic E-state index is 6.39. The average molecular weight is 1280 g/mol. The van der Waals surface area contributed by atoms with Crippen LogP contribution in [0.25, 0.3) is 189 Å². The second kappa shape index (κ2) is 23.1. The normalized spacial score (nSPS) is 11.8. The van der Waals surface area contributed by atoms with Crippen LogP contribution in [0.3, 0.4) is 0 Å². The summed E-state index contributed by atoms with van der Waals surface area (Å²) in [5.74, 6) is 1.58. The van der Waals surface area contributed by atoms with Crippen molar-refractivity contribution in [3.63, 3.8) is 0 Å². The molecule has 0 aliphatic carbocycles. The maximum absolute atomic E-state index is 6.39. The molecule has 0 amide bonds. The third kappa shape index (κ3) is 9.08. The highest BCUT2D eigenvalue weighted by Crippen LogP contribution is 2.52. The number of rotatable bonds is 11. The largest absolute Gasteiger partial charge is 0.309 e. The van der Waals surface area contributed by atoms with Crippen molar-refractivity contribution < 1.29 is 0 Å². The van der Waals surface area contributed by atoms with Crippen LogP contribution in [-0.2, 0) is 0 Å². The summed E-state index contributed by atoms with van der Waals surface area (Å²) in [5.41, 5.74) is 22.8. The number of para-hydroxylation sites is 8. The van der Waals surface area contributed by atoms with Crippen LogP contribution in [0.4, 0.5) is 0 Å². The van der Waals surface area contributed by atoms with Crippen LogP contribution in [0.5, 0.6) is 0 Å². The number of hydrogen-bond acceptors (Lipinski definition) is 4. The fourth-order valence-electron chi connectivity index (χ4n) is 15.6. The molecule has 0 saturated heterocycles. The zero-order valence-electron chi connectivity index (χ0n) is 54.1. The van der Waals surface area contributed by atoms with Gasteiger partial charge in [0.2, 0.25) is 0 Å². The van der Waals surface area contributed by atoms with Crippen LogP contribution >= 0.6 is 0 Å². The third-order valence-corrected chi connectivity index (χ3v) is 20.0. The van der Waals surface area contributed by atoms with Gasteiger partial charge in [0, 0.05) is 99.2 Å². The Morgan fingerprint density at radius 2 is 0.410 bits per heavy atom. The summed E-state index contributed by atoms with van der Waals surface area (Å²) in [7, 11) is 0. The molecular formula is C92H58N8. The third-order valence-electron chi connectivity index (χ3n) is 20.0. The average Bonchev–Trinajstić information content (AvgIpc) is 1.27. The highest BCUT2D eigenvalue weighted by molar-refractivity contribution is 6.17. The molecule has 0 N–H and O–H groups in total. The summed E-state index contributed by atoms with van der Waals surface area (Å²) in [5, 5.41) is 8.96. The summed E-state index contributed by atoms with van der Waals surface area (Å²) < 4.78 is 9.54. The first-order valence-corrected chi connectivity index (χ1v) is 33.9. The Morgan fingerprint density at radius 1 is 0.160 bits per heavy atom. The molecule has 0 radical (unpaired) electrons. The van der Waals surface area contributed by atoms with Crippen molar-refractivity contribution in [3.05, 3.63) is 352 Å². The van der Waals surface area contributed by atoms with Crippen LogP contribution in [0.15, 0.2) is 352 Å². The molecule has 0 aliphatic heterocycles. The predicted molar refractivity (Wildman–Crippen MR) is 413 cm³/mol. The van der Waals surface area contributed by atoms with E-state index in [9.17, 15) is 0 Å². The van der Waals surface area contributed by atoms with E-state index in [1.807, 2.05) is 36.4 Å². The van der Waals surface area contributed by atoms with Crippen LogP contribution < -0.4 is 0 Å². The second-order valence-electron chi connectivity index (χ2n) is 25.7. The molecule has 6 heterocycles. The molecule has 0 unspecified atom stereocenters. The van der Waals surface area contributed by atoms with Crippen molar-refractivity contribution in [1.29, 1.82) is 0 Å². The van der Waals surface area contributed by atoms with E-state index < -0.39 is 0 Å². The van der Waals surface area contributed by atoms with Crippen molar-refractivity contribution in [3.8, 4) is 102 Å². The number of benzene rings is 14. The van der Waals surface area contributed by atoms with Gasteiger partial charge in [0.1, 0.15) is 0 Å². The van der Waals surface area contributed by atoms with Gasteiger partial charge in [-0.15, -0.1) is 0 Å². The Hall–Kier alpha value is -13.6. The molecule has 466 valence electrons. The van der Waals surface area contributed by atoms with Gasteiger partial charge in [-0.3, -0.25) is 0 Å². The molecule has 100 heavy (non-hydrogen) atoms. The summed E-state index contributed by atoms with van der Waals surface area (Å²) in [6.07, 6.45) is 0. The van der Waals surface area contributed by atoms with E-state index in [2.05, 4.69) is 334 Å². The van der Waals surface area contributed by atoms with Crippen LogP contribution in [-0.4, -0.2) is 38.2 Å². The minimum Gasteiger partial charge on any atom is -0.309 e. The van der Waals surface area contributed by atoms with Crippen molar-refractivity contribution in [2.24, 2.45) is 0 Å². The number of hydrogen-bond donors (Lipinski definition) is 0. The quantitative estimate of drug-likeness (QED) is 0.129. The molecular weight excluding hydrogens is 1220 g/mol. The molecule has 0 saturated carbocycles. The highest BCUT2D eigenvalue weighted by Gasteiger charge is 2.31. The lowest BCUT2D eigenvalue weighted by atomic mass is 9.84. The van der Waals surface area contributed by atoms with E-state index in [1.165, 1.54) is 0 Å². The Bertz CT molecular complexity index is 6550. The lowest BCUT2D eigenvalue weighted by Crippen LogP contribution is -2.06. The van der Waals surface area contributed by atoms with Gasteiger partial charge in [0.05, 0.1) is 61.1 Å². The SMILES string of the molecule is c1ccc(-c2nc(-c3ccccc3)nc(-c3c(-c4ccc5c(c4)c4ccccc4n5-c4ccccc4)nc(-c4ccc5c(c4)c4ccccc4n5-c4ccccc4)c(-c4ccc5c(c4)c4ccccc4n5-c4ccccc4)c3-c3ccc4c(c3)c3ccccc3n4-c3ccccc3)n2)cc1. The van der Waals surface area contributed by atoms with Crippen molar-refractivity contribution in [2.75, 3.05) is 0 Å². The minimum atomic E-state index is 0.486. The topological polar surface area (TPSA) is 71.3 Å². The van der Waals surface area contributed by atoms with E-state index in [0.717, 1.165) is 171 Å². The molecule has 8 heteroatoms. The zero-order chi connectivity index (χ0) is 65.8. The van der Waals surface area contributed by atoms with Crippen LogP contribution in [0.1, 0.15) is 0 Å².